The van der Waals surface area contributed by atoms with E-state index in [1.807, 2.05) is 0 Å². The average molecular weight is 214 g/mol. The molecular formula is C9H18N4S. The van der Waals surface area contributed by atoms with E-state index in [2.05, 4.69) is 28.1 Å². The lowest BCUT2D eigenvalue weighted by Gasteiger charge is -2.22. The molecule has 80 valence electrons. The summed E-state index contributed by atoms with van der Waals surface area (Å²) >= 11 is 1.45. The Bertz CT molecular complexity index is 235. The van der Waals surface area contributed by atoms with Crippen molar-refractivity contribution in [2.75, 3.05) is 24.5 Å². The summed E-state index contributed by atoms with van der Waals surface area (Å²) in [5.74, 6) is 0.636. The maximum atomic E-state index is 5.50. The summed E-state index contributed by atoms with van der Waals surface area (Å²) in [6.45, 7) is 7.14. The second-order valence-electron chi connectivity index (χ2n) is 3.71. The Morgan fingerprint density at radius 2 is 2.36 bits per heavy atom. The van der Waals surface area contributed by atoms with E-state index >= 15 is 0 Å². The summed E-state index contributed by atoms with van der Waals surface area (Å²) < 4.78 is 4.02. The molecule has 1 heterocycles. The van der Waals surface area contributed by atoms with E-state index in [9.17, 15) is 0 Å². The molecule has 0 aliphatic heterocycles. The minimum Gasteiger partial charge on any atom is -0.347 e. The van der Waals surface area contributed by atoms with Crippen LogP contribution in [-0.4, -0.2) is 29.0 Å². The fourth-order valence-electron chi connectivity index (χ4n) is 1.29. The smallest absolute Gasteiger partial charge is 0.204 e. The van der Waals surface area contributed by atoms with E-state index in [0.717, 1.165) is 31.2 Å². The van der Waals surface area contributed by atoms with Crippen LogP contribution in [0.5, 0.6) is 0 Å². The molecule has 0 atom stereocenters. The molecule has 0 aliphatic rings. The second kappa shape index (κ2) is 5.93. The van der Waals surface area contributed by atoms with Crippen LogP contribution in [0.15, 0.2) is 6.33 Å². The van der Waals surface area contributed by atoms with Crippen LogP contribution in [0.3, 0.4) is 0 Å². The fraction of sp³-hybridized carbons (Fsp3) is 0.778. The molecule has 1 aromatic heterocycles. The summed E-state index contributed by atoms with van der Waals surface area (Å²) in [5.41, 5.74) is 5.50. The quantitative estimate of drug-likeness (QED) is 0.776. The average Bonchev–Trinajstić information content (AvgIpc) is 2.64. The molecule has 1 rings (SSSR count). The van der Waals surface area contributed by atoms with Gasteiger partial charge in [-0.3, -0.25) is 0 Å². The van der Waals surface area contributed by atoms with Gasteiger partial charge in [-0.1, -0.05) is 13.8 Å². The number of nitrogens with two attached hydrogens (primary N) is 1. The van der Waals surface area contributed by atoms with Crippen LogP contribution in [0.1, 0.15) is 20.3 Å². The number of hydrogen-bond acceptors (Lipinski definition) is 5. The molecule has 0 fully saturated rings. The van der Waals surface area contributed by atoms with Crippen LogP contribution in [0, 0.1) is 5.92 Å². The molecule has 0 saturated heterocycles. The zero-order valence-electron chi connectivity index (χ0n) is 8.81. The summed E-state index contributed by atoms with van der Waals surface area (Å²) in [5, 5.41) is 1.01. The molecule has 5 heteroatoms. The van der Waals surface area contributed by atoms with Gasteiger partial charge >= 0.3 is 0 Å². The standard InChI is InChI=1S/C9H18N4S/c1-8(2)6-13(5-3-4-10)9-11-7-12-14-9/h7-8H,3-6,10H2,1-2H3. The highest BCUT2D eigenvalue weighted by Gasteiger charge is 2.10. The Morgan fingerprint density at radius 1 is 1.57 bits per heavy atom. The van der Waals surface area contributed by atoms with Crippen molar-refractivity contribution in [2.45, 2.75) is 20.3 Å². The Labute approximate surface area is 89.3 Å². The van der Waals surface area contributed by atoms with Crippen molar-refractivity contribution < 1.29 is 0 Å². The van der Waals surface area contributed by atoms with Gasteiger partial charge in [0.1, 0.15) is 6.33 Å². The molecule has 0 amide bonds. The Morgan fingerprint density at radius 3 is 2.86 bits per heavy atom. The van der Waals surface area contributed by atoms with Gasteiger partial charge in [0.05, 0.1) is 0 Å². The first-order valence-corrected chi connectivity index (χ1v) is 5.73. The maximum Gasteiger partial charge on any atom is 0.204 e. The summed E-state index contributed by atoms with van der Waals surface area (Å²) in [6, 6.07) is 0. The first-order valence-electron chi connectivity index (χ1n) is 4.95. The molecule has 0 unspecified atom stereocenters. The lowest BCUT2D eigenvalue weighted by atomic mass is 10.2. The number of rotatable bonds is 6. The molecule has 4 nitrogen and oxygen atoms in total. The van der Waals surface area contributed by atoms with E-state index in [4.69, 9.17) is 5.73 Å². The second-order valence-corrected chi connectivity index (χ2v) is 4.46. The van der Waals surface area contributed by atoms with Crippen molar-refractivity contribution in [3.05, 3.63) is 6.33 Å². The van der Waals surface area contributed by atoms with Gasteiger partial charge in [0.25, 0.3) is 0 Å². The third-order valence-corrected chi connectivity index (χ3v) is 2.56. The molecule has 2 N–H and O–H groups in total. The van der Waals surface area contributed by atoms with Crippen LogP contribution in [-0.2, 0) is 0 Å². The SMILES string of the molecule is CC(C)CN(CCCN)c1ncns1. The maximum absolute atomic E-state index is 5.50. The number of aromatic nitrogens is 2. The van der Waals surface area contributed by atoms with Gasteiger partial charge in [0.15, 0.2) is 0 Å². The predicted octanol–water partition coefficient (Wildman–Crippen LogP) is 1.35. The van der Waals surface area contributed by atoms with Crippen molar-refractivity contribution in [2.24, 2.45) is 11.7 Å². The van der Waals surface area contributed by atoms with Crippen molar-refractivity contribution in [3.63, 3.8) is 0 Å². The van der Waals surface area contributed by atoms with E-state index in [-0.39, 0.29) is 0 Å². The van der Waals surface area contributed by atoms with Crippen molar-refractivity contribution >= 4 is 16.7 Å². The minimum absolute atomic E-state index is 0.636. The lowest BCUT2D eigenvalue weighted by Crippen LogP contribution is -2.29. The van der Waals surface area contributed by atoms with Crippen LogP contribution < -0.4 is 10.6 Å². The topological polar surface area (TPSA) is 55.0 Å². The van der Waals surface area contributed by atoms with Gasteiger partial charge in [-0.15, -0.1) is 0 Å². The molecule has 0 spiro atoms. The Balaban J connectivity index is 2.53. The molecule has 0 aliphatic carbocycles. The monoisotopic (exact) mass is 214 g/mol. The molecule has 14 heavy (non-hydrogen) atoms. The van der Waals surface area contributed by atoms with Gasteiger partial charge < -0.3 is 10.6 Å². The minimum atomic E-state index is 0.636. The molecule has 0 saturated carbocycles. The molecular weight excluding hydrogens is 196 g/mol. The molecule has 0 aromatic carbocycles. The normalized spacial score (nSPS) is 10.9. The lowest BCUT2D eigenvalue weighted by molar-refractivity contribution is 0.600. The highest BCUT2D eigenvalue weighted by Crippen LogP contribution is 2.16. The number of nitrogens with zero attached hydrogens (tertiary/aromatic N) is 3. The number of anilines is 1. The first kappa shape index (κ1) is 11.4. The Kier molecular flexibility index (Phi) is 4.82. The van der Waals surface area contributed by atoms with Crippen LogP contribution in [0.4, 0.5) is 5.13 Å². The highest BCUT2D eigenvalue weighted by molar-refractivity contribution is 7.09. The zero-order valence-corrected chi connectivity index (χ0v) is 9.63. The largest absolute Gasteiger partial charge is 0.347 e. The van der Waals surface area contributed by atoms with Crippen LogP contribution >= 0.6 is 11.5 Å². The zero-order chi connectivity index (χ0) is 10.4. The first-order chi connectivity index (χ1) is 6.74. The van der Waals surface area contributed by atoms with Crippen LogP contribution in [0.2, 0.25) is 0 Å². The van der Waals surface area contributed by atoms with Crippen molar-refractivity contribution in [3.8, 4) is 0 Å². The summed E-state index contributed by atoms with van der Waals surface area (Å²) in [6.07, 6.45) is 2.61. The van der Waals surface area contributed by atoms with Crippen LogP contribution in [0.25, 0.3) is 0 Å². The van der Waals surface area contributed by atoms with E-state index < -0.39 is 0 Å². The van der Waals surface area contributed by atoms with Gasteiger partial charge in [-0.2, -0.15) is 4.37 Å². The van der Waals surface area contributed by atoms with Gasteiger partial charge in [0.2, 0.25) is 5.13 Å². The Hall–Kier alpha value is -0.680. The predicted molar refractivity (Wildman–Crippen MR) is 60.6 cm³/mol. The van der Waals surface area contributed by atoms with Gasteiger partial charge in [-0.25, -0.2) is 4.98 Å². The third kappa shape index (κ3) is 3.59. The third-order valence-electron chi connectivity index (χ3n) is 1.84. The summed E-state index contributed by atoms with van der Waals surface area (Å²) in [7, 11) is 0. The molecule has 1 aromatic rings. The summed E-state index contributed by atoms with van der Waals surface area (Å²) in [4.78, 5) is 6.47. The fourth-order valence-corrected chi connectivity index (χ4v) is 1.86. The van der Waals surface area contributed by atoms with E-state index in [0.29, 0.717) is 5.92 Å². The highest BCUT2D eigenvalue weighted by atomic mass is 32.1. The van der Waals surface area contributed by atoms with E-state index in [1.165, 1.54) is 11.5 Å². The number of hydrogen-bond donors (Lipinski definition) is 1. The molecule has 0 radical (unpaired) electrons. The molecule has 0 bridgehead atoms. The van der Waals surface area contributed by atoms with Crippen molar-refractivity contribution in [1.82, 2.24) is 9.36 Å². The van der Waals surface area contributed by atoms with Crippen molar-refractivity contribution in [1.29, 1.82) is 0 Å². The van der Waals surface area contributed by atoms with Gasteiger partial charge in [0, 0.05) is 24.6 Å². The van der Waals surface area contributed by atoms with E-state index in [1.54, 1.807) is 6.33 Å². The van der Waals surface area contributed by atoms with Gasteiger partial charge in [-0.05, 0) is 18.9 Å².